The Bertz CT molecular complexity index is 1920. The molecule has 1 aliphatic rings. The highest BCUT2D eigenvalue weighted by atomic mass is 32.1. The van der Waals surface area contributed by atoms with Crippen LogP contribution < -0.4 is 21.7 Å². The molecule has 2 heterocycles. The van der Waals surface area contributed by atoms with Gasteiger partial charge in [0.1, 0.15) is 16.6 Å². The molecule has 20 nitrogen and oxygen atoms in total. The fourth-order valence-electron chi connectivity index (χ4n) is 9.04. The van der Waals surface area contributed by atoms with Crippen LogP contribution in [0.5, 0.6) is 0 Å². The smallest absolute Gasteiger partial charge is 0.245 e. The number of hydrogen-bond donors (Lipinski definition) is 4. The Kier molecular flexibility index (Phi) is 31.3. The molecule has 0 spiro atoms. The van der Waals surface area contributed by atoms with Crippen molar-refractivity contribution in [2.75, 3.05) is 114 Å². The molecule has 2 aromatic rings. The van der Waals surface area contributed by atoms with Crippen LogP contribution in [-0.2, 0) is 68.3 Å². The lowest BCUT2D eigenvalue weighted by molar-refractivity contribution is -0.148. The predicted molar refractivity (Wildman–Crippen MR) is 287 cm³/mol. The van der Waals surface area contributed by atoms with Crippen molar-refractivity contribution in [3.05, 3.63) is 52.5 Å². The number of ether oxygens (including phenoxy) is 8. The Balaban J connectivity index is 1.50. The fourth-order valence-corrected chi connectivity index (χ4v) is 9.73. The highest BCUT2D eigenvalue weighted by Crippen LogP contribution is 2.31. The monoisotopic (exact) mass is 1080 g/mol. The zero-order valence-corrected chi connectivity index (χ0v) is 47.3. The third kappa shape index (κ3) is 22.8. The lowest BCUT2D eigenvalue weighted by Gasteiger charge is -2.41. The first-order valence-corrected chi connectivity index (χ1v) is 27.5. The average molecular weight is 1080 g/mol. The van der Waals surface area contributed by atoms with E-state index in [2.05, 4.69) is 20.9 Å². The maximum absolute atomic E-state index is 14.5. The zero-order valence-electron chi connectivity index (χ0n) is 46.5. The molecule has 1 aliphatic heterocycles. The SMILES string of the molecule is CCC(C)C(C(CC(=O)N1CCCC1C(OC)C(C)C(=O)NC(Cc1ccccc1)c1nccs1)OC)N(C)C(=O)C(NC(=O)C(C)(C)NC(=O)CCOCCOCCOCCOCCOCCOCCN)C(C)C. The second-order valence-electron chi connectivity index (χ2n) is 19.8. The first-order valence-electron chi connectivity index (χ1n) is 26.6. The van der Waals surface area contributed by atoms with Gasteiger partial charge in [0.15, 0.2) is 0 Å². The van der Waals surface area contributed by atoms with Crippen molar-refractivity contribution in [3.8, 4) is 0 Å². The molecular formula is C54H91N7O13S. The number of rotatable bonds is 40. The Morgan fingerprint density at radius 1 is 0.827 bits per heavy atom. The van der Waals surface area contributed by atoms with Crippen molar-refractivity contribution < 1.29 is 61.9 Å². The van der Waals surface area contributed by atoms with Gasteiger partial charge in [0.2, 0.25) is 29.5 Å². The number of likely N-dealkylation sites (tertiary alicyclic amines) is 1. The van der Waals surface area contributed by atoms with E-state index in [1.54, 1.807) is 44.0 Å². The van der Waals surface area contributed by atoms with Crippen LogP contribution in [-0.4, -0.2) is 194 Å². The summed E-state index contributed by atoms with van der Waals surface area (Å²) in [4.78, 5) is 77.7. The number of carbonyl (C=O) groups is 5. The van der Waals surface area contributed by atoms with Crippen LogP contribution in [0.4, 0.5) is 0 Å². The molecule has 1 aromatic heterocycles. The summed E-state index contributed by atoms with van der Waals surface area (Å²) in [6, 6.07) is 7.75. The van der Waals surface area contributed by atoms with E-state index >= 15 is 0 Å². The van der Waals surface area contributed by atoms with Crippen molar-refractivity contribution in [1.82, 2.24) is 30.7 Å². The molecule has 8 atom stereocenters. The van der Waals surface area contributed by atoms with Gasteiger partial charge in [-0.25, -0.2) is 4.98 Å². The van der Waals surface area contributed by atoms with Gasteiger partial charge in [0, 0.05) is 52.4 Å². The van der Waals surface area contributed by atoms with Gasteiger partial charge >= 0.3 is 0 Å². The van der Waals surface area contributed by atoms with Gasteiger partial charge in [-0.1, -0.05) is 71.4 Å². The van der Waals surface area contributed by atoms with Gasteiger partial charge in [-0.3, -0.25) is 24.0 Å². The van der Waals surface area contributed by atoms with Gasteiger partial charge in [-0.2, -0.15) is 0 Å². The second kappa shape index (κ2) is 36.0. The number of nitrogens with zero attached hydrogens (tertiary/aromatic N) is 3. The summed E-state index contributed by atoms with van der Waals surface area (Å²) in [6.45, 7) is 18.5. The van der Waals surface area contributed by atoms with Crippen LogP contribution in [0.2, 0.25) is 0 Å². The molecule has 0 radical (unpaired) electrons. The second-order valence-corrected chi connectivity index (χ2v) is 20.7. The van der Waals surface area contributed by atoms with Gasteiger partial charge in [-0.05, 0) is 50.5 Å². The number of nitrogens with one attached hydrogen (secondary N) is 3. The maximum atomic E-state index is 14.5. The third-order valence-electron chi connectivity index (χ3n) is 13.4. The van der Waals surface area contributed by atoms with E-state index in [4.69, 9.17) is 43.6 Å². The van der Waals surface area contributed by atoms with Gasteiger partial charge in [0.05, 0.1) is 122 Å². The maximum Gasteiger partial charge on any atom is 0.245 e. The largest absolute Gasteiger partial charge is 0.379 e. The summed E-state index contributed by atoms with van der Waals surface area (Å²) in [5.74, 6) is -2.65. The molecule has 0 saturated carbocycles. The van der Waals surface area contributed by atoms with Crippen LogP contribution in [0, 0.1) is 17.8 Å². The molecule has 5 N–H and O–H groups in total. The molecular weight excluding hydrogens is 987 g/mol. The molecule has 426 valence electrons. The van der Waals surface area contributed by atoms with E-state index in [0.717, 1.165) is 17.0 Å². The number of amides is 5. The van der Waals surface area contributed by atoms with E-state index in [-0.39, 0.29) is 67.7 Å². The standard InChI is InChI=1S/C54H91N7O13S/c1-11-39(4)48(44(67-9)37-46(63)61-22-15-18-43(61)49(68-10)40(5)50(64)57-42(51-56-21-35-75-51)36-41-16-13-12-14-17-41)60(8)52(65)47(38(2)3)58-53(66)54(6,7)59-45(62)19-23-69-25-27-71-29-31-73-33-34-74-32-30-72-28-26-70-24-20-55/h12-14,16-17,21,35,38-40,42-44,47-49H,11,15,18-20,22-34,36-37,55H2,1-10H3,(H,57,64)(H,58,66)(H,59,62). The van der Waals surface area contributed by atoms with E-state index in [1.807, 2.05) is 70.3 Å². The van der Waals surface area contributed by atoms with Gasteiger partial charge < -0.3 is 69.4 Å². The number of likely N-dealkylation sites (N-methyl/N-ethyl adjacent to an activating group) is 1. The molecule has 75 heavy (non-hydrogen) atoms. The summed E-state index contributed by atoms with van der Waals surface area (Å²) in [6.07, 6.45) is 3.08. The van der Waals surface area contributed by atoms with Crippen molar-refractivity contribution in [3.63, 3.8) is 0 Å². The summed E-state index contributed by atoms with van der Waals surface area (Å²) >= 11 is 1.49. The number of hydrogen-bond acceptors (Lipinski definition) is 16. The molecule has 3 rings (SSSR count). The Morgan fingerprint density at radius 2 is 1.40 bits per heavy atom. The number of aromatic nitrogens is 1. The predicted octanol–water partition coefficient (Wildman–Crippen LogP) is 3.95. The van der Waals surface area contributed by atoms with Crippen molar-refractivity contribution in [2.24, 2.45) is 23.5 Å². The van der Waals surface area contributed by atoms with Crippen molar-refractivity contribution in [1.29, 1.82) is 0 Å². The molecule has 0 aliphatic carbocycles. The molecule has 8 unspecified atom stereocenters. The lowest BCUT2D eigenvalue weighted by Crippen LogP contribution is -2.62. The fraction of sp³-hybridized carbons (Fsp3) is 0.741. The van der Waals surface area contributed by atoms with E-state index < -0.39 is 47.6 Å². The Labute approximate surface area is 450 Å². The summed E-state index contributed by atoms with van der Waals surface area (Å²) in [5.41, 5.74) is 5.08. The first kappa shape index (κ1) is 65.1. The topological polar surface area (TPSA) is 241 Å². The number of nitrogens with two attached hydrogens (primary N) is 1. The minimum absolute atomic E-state index is 0.0120. The third-order valence-corrected chi connectivity index (χ3v) is 14.3. The molecule has 21 heteroatoms. The number of benzene rings is 1. The van der Waals surface area contributed by atoms with Gasteiger partial charge in [0.25, 0.3) is 0 Å². The highest BCUT2D eigenvalue weighted by molar-refractivity contribution is 7.09. The lowest BCUT2D eigenvalue weighted by atomic mass is 9.89. The van der Waals surface area contributed by atoms with Crippen LogP contribution in [0.25, 0.3) is 0 Å². The minimum atomic E-state index is -1.36. The molecule has 1 saturated heterocycles. The summed E-state index contributed by atoms with van der Waals surface area (Å²) < 4.78 is 44.9. The van der Waals surface area contributed by atoms with Crippen LogP contribution in [0.3, 0.4) is 0 Å². The molecule has 1 fully saturated rings. The highest BCUT2D eigenvalue weighted by Gasteiger charge is 2.44. The Hall–Kier alpha value is -4.16. The van der Waals surface area contributed by atoms with E-state index in [0.29, 0.717) is 98.4 Å². The van der Waals surface area contributed by atoms with Crippen molar-refractivity contribution in [2.45, 2.75) is 129 Å². The quantitative estimate of drug-likeness (QED) is 0.0692. The molecule has 5 amide bonds. The molecule has 1 aromatic carbocycles. The van der Waals surface area contributed by atoms with E-state index in [9.17, 15) is 24.0 Å². The number of carbonyl (C=O) groups excluding carboxylic acids is 5. The van der Waals surface area contributed by atoms with Crippen LogP contribution in [0.15, 0.2) is 41.9 Å². The van der Waals surface area contributed by atoms with Gasteiger partial charge in [-0.15, -0.1) is 11.3 Å². The summed E-state index contributed by atoms with van der Waals surface area (Å²) in [5, 5.41) is 11.6. The van der Waals surface area contributed by atoms with Crippen molar-refractivity contribution >= 4 is 40.9 Å². The number of methoxy groups -OCH3 is 2. The molecule has 0 bridgehead atoms. The van der Waals surface area contributed by atoms with E-state index in [1.165, 1.54) is 18.4 Å². The van der Waals surface area contributed by atoms with Crippen LogP contribution >= 0.6 is 11.3 Å². The van der Waals surface area contributed by atoms with Crippen LogP contribution in [0.1, 0.15) is 97.2 Å². The first-order chi connectivity index (χ1) is 36.0. The average Bonchev–Trinajstić information content (AvgIpc) is 4.12. The minimum Gasteiger partial charge on any atom is -0.379 e. The normalized spacial score (nSPS) is 16.7. The Morgan fingerprint density at radius 3 is 1.91 bits per heavy atom. The zero-order chi connectivity index (χ0) is 55.2. The summed E-state index contributed by atoms with van der Waals surface area (Å²) in [7, 11) is 4.80. The number of thiazole rings is 1.